The monoisotopic (exact) mass is 250 g/mol. The maximum atomic E-state index is 11.5. The first-order valence-corrected chi connectivity index (χ1v) is 5.94. The minimum absolute atomic E-state index is 0.237. The molecule has 0 saturated carbocycles. The summed E-state index contributed by atoms with van der Waals surface area (Å²) >= 11 is 0. The number of benzene rings is 1. The molecule has 0 amide bonds. The van der Waals surface area contributed by atoms with Gasteiger partial charge in [0.2, 0.25) is 0 Å². The zero-order valence-corrected chi connectivity index (χ0v) is 11.1. The summed E-state index contributed by atoms with van der Waals surface area (Å²) in [6, 6.07) is 6.64. The number of rotatable bonds is 4. The van der Waals surface area contributed by atoms with Crippen molar-refractivity contribution in [1.29, 1.82) is 0 Å². The predicted molar refractivity (Wildman–Crippen MR) is 67.4 cm³/mol. The molecule has 4 nitrogen and oxygen atoms in total. The summed E-state index contributed by atoms with van der Waals surface area (Å²) in [4.78, 5) is 23.0. The normalized spacial score (nSPS) is 10.6. The van der Waals surface area contributed by atoms with Crippen LogP contribution in [0, 0.1) is 11.8 Å². The van der Waals surface area contributed by atoms with Gasteiger partial charge in [0.05, 0.1) is 11.8 Å². The van der Waals surface area contributed by atoms with Crippen LogP contribution in [0.25, 0.3) is 0 Å². The van der Waals surface area contributed by atoms with E-state index in [0.29, 0.717) is 0 Å². The third-order valence-corrected chi connectivity index (χ3v) is 2.21. The summed E-state index contributed by atoms with van der Waals surface area (Å²) in [6.45, 7) is 6.96. The quantitative estimate of drug-likeness (QED) is 0.609. The second-order valence-corrected chi connectivity index (χ2v) is 4.60. The van der Waals surface area contributed by atoms with Crippen molar-refractivity contribution in [2.45, 2.75) is 27.7 Å². The molecule has 0 aliphatic carbocycles. The Morgan fingerprint density at radius 3 is 1.44 bits per heavy atom. The smallest absolute Gasteiger partial charge is 0.313 e. The number of hydrogen-bond acceptors (Lipinski definition) is 4. The number of carbonyl (C=O) groups excluding carboxylic acids is 2. The van der Waals surface area contributed by atoms with Gasteiger partial charge in [-0.1, -0.05) is 39.8 Å². The molecule has 1 aromatic rings. The van der Waals surface area contributed by atoms with Crippen molar-refractivity contribution in [1.82, 2.24) is 0 Å². The molecule has 98 valence electrons. The molecule has 0 unspecified atom stereocenters. The van der Waals surface area contributed by atoms with Crippen molar-refractivity contribution in [2.24, 2.45) is 11.8 Å². The second kappa shape index (κ2) is 6.19. The summed E-state index contributed by atoms with van der Waals surface area (Å²) < 4.78 is 10.3. The Labute approximate surface area is 107 Å². The standard InChI is InChI=1S/C14H18O4/c1-9(2)13(15)17-11-7-5-6-8-12(11)18-14(16)10(3)4/h5-10H,1-4H3. The molecule has 4 heteroatoms. The van der Waals surface area contributed by atoms with E-state index in [2.05, 4.69) is 0 Å². The molecule has 0 spiro atoms. The van der Waals surface area contributed by atoms with Crippen molar-refractivity contribution in [3.05, 3.63) is 24.3 Å². The third-order valence-electron chi connectivity index (χ3n) is 2.21. The molecule has 0 radical (unpaired) electrons. The summed E-state index contributed by atoms with van der Waals surface area (Å²) in [5.41, 5.74) is 0. The molecule has 0 aliphatic heterocycles. The van der Waals surface area contributed by atoms with Crippen molar-refractivity contribution < 1.29 is 19.1 Å². The molecule has 0 saturated heterocycles. The van der Waals surface area contributed by atoms with Crippen molar-refractivity contribution in [3.63, 3.8) is 0 Å². The molecule has 0 atom stereocenters. The zero-order chi connectivity index (χ0) is 13.7. The lowest BCUT2D eigenvalue weighted by Gasteiger charge is -2.12. The highest BCUT2D eigenvalue weighted by molar-refractivity contribution is 5.77. The Morgan fingerprint density at radius 1 is 0.833 bits per heavy atom. The van der Waals surface area contributed by atoms with Crippen LogP contribution in [0.4, 0.5) is 0 Å². The second-order valence-electron chi connectivity index (χ2n) is 4.60. The van der Waals surface area contributed by atoms with Gasteiger partial charge in [0.25, 0.3) is 0 Å². The van der Waals surface area contributed by atoms with E-state index in [4.69, 9.17) is 9.47 Å². The van der Waals surface area contributed by atoms with Crippen LogP contribution in [0.5, 0.6) is 11.5 Å². The lowest BCUT2D eigenvalue weighted by atomic mass is 10.2. The molecular formula is C14H18O4. The van der Waals surface area contributed by atoms with E-state index in [1.807, 2.05) is 0 Å². The highest BCUT2D eigenvalue weighted by Gasteiger charge is 2.16. The van der Waals surface area contributed by atoms with E-state index < -0.39 is 0 Å². The molecule has 0 N–H and O–H groups in total. The van der Waals surface area contributed by atoms with Crippen LogP contribution in [0.2, 0.25) is 0 Å². The highest BCUT2D eigenvalue weighted by Crippen LogP contribution is 2.27. The molecule has 0 aliphatic rings. The van der Waals surface area contributed by atoms with Gasteiger partial charge in [-0.15, -0.1) is 0 Å². The lowest BCUT2D eigenvalue weighted by Crippen LogP contribution is -2.18. The van der Waals surface area contributed by atoms with Crippen molar-refractivity contribution in [2.75, 3.05) is 0 Å². The van der Waals surface area contributed by atoms with Crippen molar-refractivity contribution >= 4 is 11.9 Å². The van der Waals surface area contributed by atoms with Gasteiger partial charge in [0.1, 0.15) is 0 Å². The number of ether oxygens (including phenoxy) is 2. The van der Waals surface area contributed by atoms with Gasteiger partial charge in [-0.05, 0) is 12.1 Å². The Balaban J connectivity index is 2.86. The first-order valence-electron chi connectivity index (χ1n) is 5.94. The van der Waals surface area contributed by atoms with Gasteiger partial charge in [0, 0.05) is 0 Å². The van der Waals surface area contributed by atoms with Gasteiger partial charge < -0.3 is 9.47 Å². The maximum Gasteiger partial charge on any atom is 0.313 e. The summed E-state index contributed by atoms with van der Waals surface area (Å²) in [6.07, 6.45) is 0. The topological polar surface area (TPSA) is 52.6 Å². The van der Waals surface area contributed by atoms with E-state index >= 15 is 0 Å². The SMILES string of the molecule is CC(C)C(=O)Oc1ccccc1OC(=O)C(C)C. The first kappa shape index (κ1) is 14.2. The predicted octanol–water partition coefficient (Wildman–Crippen LogP) is 2.81. The third kappa shape index (κ3) is 3.87. The average molecular weight is 250 g/mol. The van der Waals surface area contributed by atoms with Gasteiger partial charge in [-0.2, -0.15) is 0 Å². The molecule has 18 heavy (non-hydrogen) atoms. The van der Waals surface area contributed by atoms with Crippen LogP contribution in [-0.2, 0) is 9.59 Å². The minimum Gasteiger partial charge on any atom is -0.422 e. The number of hydrogen-bond donors (Lipinski definition) is 0. The van der Waals surface area contributed by atoms with Crippen LogP contribution in [0.15, 0.2) is 24.3 Å². The van der Waals surface area contributed by atoms with Crippen LogP contribution in [0.1, 0.15) is 27.7 Å². The van der Waals surface area contributed by atoms with Crippen LogP contribution >= 0.6 is 0 Å². The summed E-state index contributed by atoms with van der Waals surface area (Å²) in [7, 11) is 0. The van der Waals surface area contributed by atoms with Gasteiger partial charge >= 0.3 is 11.9 Å². The minimum atomic E-state index is -0.358. The Bertz CT molecular complexity index is 394. The maximum absolute atomic E-state index is 11.5. The van der Waals surface area contributed by atoms with Crippen LogP contribution in [-0.4, -0.2) is 11.9 Å². The molecule has 0 bridgehead atoms. The number of para-hydroxylation sites is 2. The van der Waals surface area contributed by atoms with Gasteiger partial charge in [0.15, 0.2) is 11.5 Å². The Kier molecular flexibility index (Phi) is 4.89. The highest BCUT2D eigenvalue weighted by atomic mass is 16.6. The molecule has 0 fully saturated rings. The van der Waals surface area contributed by atoms with Crippen LogP contribution < -0.4 is 9.47 Å². The lowest BCUT2D eigenvalue weighted by molar-refractivity contribution is -0.140. The fourth-order valence-corrected chi connectivity index (χ4v) is 1.07. The van der Waals surface area contributed by atoms with E-state index in [9.17, 15) is 9.59 Å². The molecule has 1 rings (SSSR count). The summed E-state index contributed by atoms with van der Waals surface area (Å²) in [5.74, 6) is -0.654. The Morgan fingerprint density at radius 2 is 1.17 bits per heavy atom. The van der Waals surface area contributed by atoms with E-state index in [-0.39, 0.29) is 35.3 Å². The van der Waals surface area contributed by atoms with E-state index in [1.54, 1.807) is 52.0 Å². The zero-order valence-electron chi connectivity index (χ0n) is 11.1. The van der Waals surface area contributed by atoms with Crippen LogP contribution in [0.3, 0.4) is 0 Å². The number of carbonyl (C=O) groups is 2. The van der Waals surface area contributed by atoms with E-state index in [0.717, 1.165) is 0 Å². The molecule has 1 aromatic carbocycles. The fourth-order valence-electron chi connectivity index (χ4n) is 1.07. The summed E-state index contributed by atoms with van der Waals surface area (Å²) in [5, 5.41) is 0. The average Bonchev–Trinajstić information content (AvgIpc) is 2.31. The molecule has 0 aromatic heterocycles. The van der Waals surface area contributed by atoms with Gasteiger partial charge in [-0.25, -0.2) is 0 Å². The largest absolute Gasteiger partial charge is 0.422 e. The fraction of sp³-hybridized carbons (Fsp3) is 0.429. The first-order chi connectivity index (χ1) is 8.41. The molecular weight excluding hydrogens is 232 g/mol. The van der Waals surface area contributed by atoms with Crippen molar-refractivity contribution in [3.8, 4) is 11.5 Å². The van der Waals surface area contributed by atoms with Gasteiger partial charge in [-0.3, -0.25) is 9.59 Å². The molecule has 0 heterocycles. The van der Waals surface area contributed by atoms with E-state index in [1.165, 1.54) is 0 Å². The number of esters is 2. The Hall–Kier alpha value is -1.84.